The third kappa shape index (κ3) is 4.50. The SMILES string of the molecule is O=S(=O)(O)c1ccccn1.[Ir].[c-]1cc2c(cc1-c1cc3c4c(cccc4n1)C=C3)sc1ccccc12. The summed E-state index contributed by atoms with van der Waals surface area (Å²) >= 11 is 1.83. The first-order valence-corrected chi connectivity index (χ1v) is 13.1. The molecule has 3 aromatic carbocycles. The van der Waals surface area contributed by atoms with E-state index in [0.717, 1.165) is 16.8 Å². The van der Waals surface area contributed by atoms with Crippen LogP contribution < -0.4 is 0 Å². The number of benzene rings is 3. The van der Waals surface area contributed by atoms with Gasteiger partial charge in [-0.05, 0) is 51.2 Å². The zero-order chi connectivity index (χ0) is 24.0. The van der Waals surface area contributed by atoms with Gasteiger partial charge in [-0.15, -0.1) is 23.8 Å². The Morgan fingerprint density at radius 2 is 1.64 bits per heavy atom. The van der Waals surface area contributed by atoms with Crippen LogP contribution in [0.2, 0.25) is 0 Å². The first-order chi connectivity index (χ1) is 17.0. The summed E-state index contributed by atoms with van der Waals surface area (Å²) < 4.78 is 31.7. The Labute approximate surface area is 225 Å². The molecule has 6 aromatic rings. The molecule has 0 aliphatic heterocycles. The standard InChI is InChI=1S/C23H12NS.C5H5NO3S.Ir/c1-2-7-21-17(5-1)18-11-10-15(13-22(18)25-21)20-12-16-9-8-14-4-3-6-19(24-20)23(14)16;7-10(8,9)5-3-1-2-4-6-5;/h1-9,11-13H;1-4H,(H,7,8,9);/q-1;;. The van der Waals surface area contributed by atoms with Gasteiger partial charge in [-0.25, -0.2) is 4.98 Å². The maximum atomic E-state index is 10.3. The molecule has 0 bridgehead atoms. The fourth-order valence-electron chi connectivity index (χ4n) is 4.25. The fraction of sp³-hybridized carbons (Fsp3) is 0. The van der Waals surface area contributed by atoms with Crippen molar-refractivity contribution in [3.05, 3.63) is 102 Å². The van der Waals surface area contributed by atoms with Crippen molar-refractivity contribution in [3.8, 4) is 11.3 Å². The van der Waals surface area contributed by atoms with Gasteiger partial charge >= 0.3 is 10.1 Å². The van der Waals surface area contributed by atoms with E-state index in [-0.39, 0.29) is 25.1 Å². The summed E-state index contributed by atoms with van der Waals surface area (Å²) in [4.78, 5) is 8.31. The second-order valence-electron chi connectivity index (χ2n) is 8.04. The second-order valence-corrected chi connectivity index (χ2v) is 10.5. The van der Waals surface area contributed by atoms with Gasteiger partial charge in [-0.1, -0.05) is 60.0 Å². The smallest absolute Gasteiger partial charge is 0.296 e. The second kappa shape index (κ2) is 9.65. The van der Waals surface area contributed by atoms with E-state index in [9.17, 15) is 8.42 Å². The van der Waals surface area contributed by atoms with E-state index in [0.29, 0.717) is 0 Å². The minimum absolute atomic E-state index is 0. The zero-order valence-corrected chi connectivity index (χ0v) is 22.6. The Morgan fingerprint density at radius 1 is 0.833 bits per heavy atom. The van der Waals surface area contributed by atoms with Crippen LogP contribution in [0.3, 0.4) is 0 Å². The molecule has 1 aliphatic carbocycles. The number of rotatable bonds is 2. The van der Waals surface area contributed by atoms with Gasteiger partial charge in [0.15, 0.2) is 5.03 Å². The Morgan fingerprint density at radius 3 is 2.42 bits per heavy atom. The summed E-state index contributed by atoms with van der Waals surface area (Å²) in [6.45, 7) is 0. The van der Waals surface area contributed by atoms with E-state index < -0.39 is 10.1 Å². The summed E-state index contributed by atoms with van der Waals surface area (Å²) in [5.74, 6) is 0. The largest absolute Gasteiger partial charge is 0.312 e. The van der Waals surface area contributed by atoms with Crippen LogP contribution in [0.4, 0.5) is 0 Å². The number of nitrogens with zero attached hydrogens (tertiary/aromatic N) is 2. The number of pyridine rings is 2. The molecule has 0 amide bonds. The molecule has 1 radical (unpaired) electrons. The van der Waals surface area contributed by atoms with Gasteiger partial charge in [0.1, 0.15) is 0 Å². The maximum absolute atomic E-state index is 10.3. The first-order valence-electron chi connectivity index (χ1n) is 10.8. The number of thiophene rings is 1. The predicted molar refractivity (Wildman–Crippen MR) is 142 cm³/mol. The molecule has 0 saturated carbocycles. The normalized spacial score (nSPS) is 11.9. The van der Waals surface area contributed by atoms with E-state index in [1.807, 2.05) is 11.3 Å². The van der Waals surface area contributed by atoms with Crippen molar-refractivity contribution >= 4 is 64.7 Å². The van der Waals surface area contributed by atoms with E-state index in [2.05, 4.69) is 83.9 Å². The Bertz CT molecular complexity index is 1880. The molecule has 0 saturated heterocycles. The summed E-state index contributed by atoms with van der Waals surface area (Å²) in [7, 11) is -4.11. The molecular weight excluding hydrogens is 669 g/mol. The molecule has 7 rings (SSSR count). The van der Waals surface area contributed by atoms with Crippen LogP contribution in [-0.2, 0) is 30.2 Å². The van der Waals surface area contributed by atoms with Crippen molar-refractivity contribution in [3.63, 3.8) is 0 Å². The fourth-order valence-corrected chi connectivity index (χ4v) is 5.82. The average molecular weight is 686 g/mol. The van der Waals surface area contributed by atoms with Crippen LogP contribution in [0.25, 0.3) is 54.5 Å². The van der Waals surface area contributed by atoms with Crippen LogP contribution in [0.1, 0.15) is 11.1 Å². The molecule has 0 atom stereocenters. The van der Waals surface area contributed by atoms with Crippen LogP contribution in [-0.4, -0.2) is 22.9 Å². The predicted octanol–water partition coefficient (Wildman–Crippen LogP) is 6.88. The Hall–Kier alpha value is -3.26. The monoisotopic (exact) mass is 686 g/mol. The van der Waals surface area contributed by atoms with Gasteiger partial charge in [-0.2, -0.15) is 19.8 Å². The van der Waals surface area contributed by atoms with Gasteiger partial charge in [0.2, 0.25) is 0 Å². The Balaban J connectivity index is 0.000000207. The molecule has 8 heteroatoms. The van der Waals surface area contributed by atoms with Gasteiger partial charge in [-0.3, -0.25) is 9.54 Å². The van der Waals surface area contributed by atoms with Gasteiger partial charge in [0.05, 0.1) is 5.52 Å². The van der Waals surface area contributed by atoms with E-state index in [4.69, 9.17) is 9.54 Å². The number of hydrogen-bond acceptors (Lipinski definition) is 5. The van der Waals surface area contributed by atoms with E-state index in [1.54, 1.807) is 6.07 Å². The summed E-state index contributed by atoms with van der Waals surface area (Å²) in [6.07, 6.45) is 5.64. The topological polar surface area (TPSA) is 80.2 Å². The first kappa shape index (κ1) is 24.4. The van der Waals surface area contributed by atoms with Crippen LogP contribution in [0, 0.1) is 6.07 Å². The molecule has 0 unspecified atom stereocenters. The molecule has 0 fully saturated rings. The quantitative estimate of drug-likeness (QED) is 0.159. The van der Waals surface area contributed by atoms with Crippen LogP contribution in [0.15, 0.2) is 90.1 Å². The number of hydrogen-bond donors (Lipinski definition) is 1. The van der Waals surface area contributed by atoms with Crippen LogP contribution >= 0.6 is 11.3 Å². The number of fused-ring (bicyclic) bond motifs is 3. The summed E-state index contributed by atoms with van der Waals surface area (Å²) in [5.41, 5.74) is 5.62. The molecule has 36 heavy (non-hydrogen) atoms. The summed E-state index contributed by atoms with van der Waals surface area (Å²) in [6, 6.07) is 29.1. The van der Waals surface area contributed by atoms with Crippen LogP contribution in [0.5, 0.6) is 0 Å². The minimum Gasteiger partial charge on any atom is -0.296 e. The Kier molecular flexibility index (Phi) is 6.55. The zero-order valence-electron chi connectivity index (χ0n) is 18.5. The van der Waals surface area contributed by atoms with Crippen molar-refractivity contribution in [2.24, 2.45) is 0 Å². The molecule has 5 nitrogen and oxygen atoms in total. The van der Waals surface area contributed by atoms with Crippen molar-refractivity contribution in [1.82, 2.24) is 9.97 Å². The molecule has 1 N–H and O–H groups in total. The minimum atomic E-state index is -4.11. The summed E-state index contributed by atoms with van der Waals surface area (Å²) in [5, 5.41) is 3.52. The molecule has 1 aliphatic rings. The van der Waals surface area contributed by atoms with Crippen molar-refractivity contribution in [1.29, 1.82) is 0 Å². The molecular formula is C28H17IrN2O3S2-. The van der Waals surface area contributed by atoms with Gasteiger partial charge < -0.3 is 0 Å². The number of aromatic nitrogens is 2. The van der Waals surface area contributed by atoms with E-state index in [1.165, 1.54) is 55.0 Å². The third-order valence-corrected chi connectivity index (χ3v) is 7.73. The molecule has 0 spiro atoms. The molecule has 179 valence electrons. The van der Waals surface area contributed by atoms with Gasteiger partial charge in [0.25, 0.3) is 0 Å². The van der Waals surface area contributed by atoms with Crippen molar-refractivity contribution in [2.75, 3.05) is 0 Å². The maximum Gasteiger partial charge on any atom is 0.312 e. The van der Waals surface area contributed by atoms with Gasteiger partial charge in [0, 0.05) is 36.4 Å². The third-order valence-electron chi connectivity index (χ3n) is 5.83. The molecule has 3 heterocycles. The average Bonchev–Trinajstić information content (AvgIpc) is 3.46. The molecule has 3 aromatic heterocycles. The van der Waals surface area contributed by atoms with Crippen molar-refractivity contribution in [2.45, 2.75) is 5.03 Å². The van der Waals surface area contributed by atoms with Crippen molar-refractivity contribution < 1.29 is 33.1 Å². The van der Waals surface area contributed by atoms with E-state index >= 15 is 0 Å².